The lowest BCUT2D eigenvalue weighted by atomic mass is 10.1. The van der Waals surface area contributed by atoms with Crippen LogP contribution in [-0.4, -0.2) is 44.1 Å². The van der Waals surface area contributed by atoms with Crippen molar-refractivity contribution >= 4 is 17.5 Å². The molecule has 1 aliphatic rings. The van der Waals surface area contributed by atoms with Gasteiger partial charge in [0.05, 0.1) is 6.10 Å². The van der Waals surface area contributed by atoms with Crippen molar-refractivity contribution in [2.45, 2.75) is 43.5 Å². The number of benzene rings is 1. The lowest BCUT2D eigenvalue weighted by Gasteiger charge is -2.12. The maximum Gasteiger partial charge on any atom is 0.191 e. The number of hydrogen-bond acceptors (Lipinski definition) is 6. The second kappa shape index (κ2) is 7.81. The minimum Gasteiger partial charge on any atom is -0.491 e. The van der Waals surface area contributed by atoms with Crippen molar-refractivity contribution in [3.63, 3.8) is 0 Å². The van der Waals surface area contributed by atoms with Crippen LogP contribution in [0.5, 0.6) is 5.75 Å². The van der Waals surface area contributed by atoms with Gasteiger partial charge >= 0.3 is 0 Å². The van der Waals surface area contributed by atoms with Crippen LogP contribution in [0.2, 0.25) is 0 Å². The number of nitrogens with zero attached hydrogens (tertiary/aromatic N) is 3. The zero-order valence-electron chi connectivity index (χ0n) is 13.6. The highest BCUT2D eigenvalue weighted by Crippen LogP contribution is 2.37. The first kappa shape index (κ1) is 17.0. The summed E-state index contributed by atoms with van der Waals surface area (Å²) in [4.78, 5) is 11.6. The van der Waals surface area contributed by atoms with Crippen LogP contribution in [0, 0.1) is 0 Å². The van der Waals surface area contributed by atoms with Crippen molar-refractivity contribution < 1.29 is 14.6 Å². The third-order valence-corrected chi connectivity index (χ3v) is 4.93. The molecule has 1 atom stereocenters. The first-order valence-electron chi connectivity index (χ1n) is 8.13. The highest BCUT2D eigenvalue weighted by atomic mass is 32.2. The van der Waals surface area contributed by atoms with Crippen molar-refractivity contribution in [3.05, 3.63) is 36.2 Å². The Labute approximate surface area is 145 Å². The van der Waals surface area contributed by atoms with Gasteiger partial charge in [-0.15, -0.1) is 10.2 Å². The summed E-state index contributed by atoms with van der Waals surface area (Å²) in [5.41, 5.74) is 0.681. The van der Waals surface area contributed by atoms with Crippen LogP contribution >= 0.6 is 11.8 Å². The Bertz CT molecular complexity index is 683. The molecule has 2 aromatic rings. The van der Waals surface area contributed by atoms with Gasteiger partial charge in [0, 0.05) is 23.8 Å². The molecule has 1 unspecified atom stereocenters. The standard InChI is InChI=1S/C17H21N3O3S/c1-2-16(22)12-3-7-15(8-4-12)23-9-14(21)10-24-17-19-18-11-20(17)13-5-6-13/h3-4,7-8,11,13-14,21H,2,5-6,9-10H2,1H3. The first-order chi connectivity index (χ1) is 11.7. The second-order valence-corrected chi connectivity index (χ2v) is 6.82. The molecule has 24 heavy (non-hydrogen) atoms. The molecule has 0 spiro atoms. The summed E-state index contributed by atoms with van der Waals surface area (Å²) in [5.74, 6) is 1.25. The van der Waals surface area contributed by atoms with E-state index in [1.807, 2.05) is 6.92 Å². The van der Waals surface area contributed by atoms with Crippen molar-refractivity contribution in [1.82, 2.24) is 14.8 Å². The van der Waals surface area contributed by atoms with Crippen LogP contribution in [0.1, 0.15) is 42.6 Å². The summed E-state index contributed by atoms with van der Waals surface area (Å²) in [6, 6.07) is 7.54. The topological polar surface area (TPSA) is 77.2 Å². The second-order valence-electron chi connectivity index (χ2n) is 5.83. The molecule has 7 heteroatoms. The summed E-state index contributed by atoms with van der Waals surface area (Å²) in [6.07, 6.45) is 3.99. The number of rotatable bonds is 9. The maximum absolute atomic E-state index is 11.6. The number of aliphatic hydroxyl groups excluding tert-OH is 1. The van der Waals surface area contributed by atoms with E-state index in [1.54, 1.807) is 30.6 Å². The molecular formula is C17H21N3O3S. The minimum atomic E-state index is -0.601. The number of thioether (sulfide) groups is 1. The molecule has 0 saturated heterocycles. The monoisotopic (exact) mass is 347 g/mol. The van der Waals surface area contributed by atoms with Crippen LogP contribution in [0.3, 0.4) is 0 Å². The molecule has 128 valence electrons. The molecule has 1 fully saturated rings. The molecule has 1 aliphatic carbocycles. The molecule has 1 saturated carbocycles. The summed E-state index contributed by atoms with van der Waals surface area (Å²) in [6.45, 7) is 2.04. The van der Waals surface area contributed by atoms with E-state index < -0.39 is 6.10 Å². The zero-order valence-corrected chi connectivity index (χ0v) is 14.4. The molecule has 0 aliphatic heterocycles. The van der Waals surface area contributed by atoms with E-state index in [0.717, 1.165) is 5.16 Å². The SMILES string of the molecule is CCC(=O)c1ccc(OCC(O)CSc2nncn2C2CC2)cc1. The third kappa shape index (κ3) is 4.36. The molecule has 0 bridgehead atoms. The van der Waals surface area contributed by atoms with E-state index in [0.29, 0.717) is 29.5 Å². The van der Waals surface area contributed by atoms with E-state index in [1.165, 1.54) is 24.6 Å². The van der Waals surface area contributed by atoms with E-state index >= 15 is 0 Å². The van der Waals surface area contributed by atoms with E-state index in [9.17, 15) is 9.90 Å². The Morgan fingerprint density at radius 2 is 2.17 bits per heavy atom. The fraction of sp³-hybridized carbons (Fsp3) is 0.471. The van der Waals surface area contributed by atoms with Gasteiger partial charge in [0.1, 0.15) is 18.7 Å². The number of Topliss-reactive ketones (excluding diaryl/α,β-unsaturated/α-hetero) is 1. The predicted octanol–water partition coefficient (Wildman–Crippen LogP) is 2.74. The number of hydrogen-bond donors (Lipinski definition) is 1. The molecular weight excluding hydrogens is 326 g/mol. The van der Waals surface area contributed by atoms with Gasteiger partial charge in [-0.25, -0.2) is 0 Å². The van der Waals surface area contributed by atoms with Crippen LogP contribution in [0.4, 0.5) is 0 Å². The van der Waals surface area contributed by atoms with Crippen LogP contribution in [0.25, 0.3) is 0 Å². The zero-order chi connectivity index (χ0) is 16.9. The molecule has 0 radical (unpaired) electrons. The number of carbonyl (C=O) groups excluding carboxylic acids is 1. The lowest BCUT2D eigenvalue weighted by molar-refractivity contribution is 0.0987. The fourth-order valence-electron chi connectivity index (χ4n) is 2.29. The number of carbonyl (C=O) groups is 1. The Hall–Kier alpha value is -1.86. The third-order valence-electron chi connectivity index (χ3n) is 3.83. The van der Waals surface area contributed by atoms with Crippen molar-refractivity contribution in [2.24, 2.45) is 0 Å². The summed E-state index contributed by atoms with van der Waals surface area (Å²) < 4.78 is 7.65. The molecule has 1 aromatic heterocycles. The predicted molar refractivity (Wildman–Crippen MR) is 91.6 cm³/mol. The smallest absolute Gasteiger partial charge is 0.191 e. The highest BCUT2D eigenvalue weighted by Gasteiger charge is 2.26. The van der Waals surface area contributed by atoms with E-state index in [2.05, 4.69) is 14.8 Å². The minimum absolute atomic E-state index is 0.109. The van der Waals surface area contributed by atoms with Crippen LogP contribution < -0.4 is 4.74 Å². The number of aromatic nitrogens is 3. The molecule has 3 rings (SSSR count). The molecule has 1 heterocycles. The number of ketones is 1. The average molecular weight is 347 g/mol. The molecule has 6 nitrogen and oxygen atoms in total. The number of aliphatic hydroxyl groups is 1. The maximum atomic E-state index is 11.6. The van der Waals surface area contributed by atoms with Crippen LogP contribution in [0.15, 0.2) is 35.7 Å². The van der Waals surface area contributed by atoms with Crippen molar-refractivity contribution in [2.75, 3.05) is 12.4 Å². The largest absolute Gasteiger partial charge is 0.491 e. The van der Waals surface area contributed by atoms with Gasteiger partial charge < -0.3 is 14.4 Å². The number of ether oxygens (including phenoxy) is 1. The molecule has 1 N–H and O–H groups in total. The Morgan fingerprint density at radius 1 is 1.42 bits per heavy atom. The highest BCUT2D eigenvalue weighted by molar-refractivity contribution is 7.99. The molecule has 1 aromatic carbocycles. The average Bonchev–Trinajstić information content (AvgIpc) is 3.36. The Balaban J connectivity index is 1.44. The van der Waals surface area contributed by atoms with Gasteiger partial charge in [-0.3, -0.25) is 4.79 Å². The lowest BCUT2D eigenvalue weighted by Crippen LogP contribution is -2.20. The van der Waals surface area contributed by atoms with E-state index in [4.69, 9.17) is 4.74 Å². The quantitative estimate of drug-likeness (QED) is 0.555. The Morgan fingerprint density at radius 3 is 2.83 bits per heavy atom. The van der Waals surface area contributed by atoms with Gasteiger partial charge in [-0.05, 0) is 37.1 Å². The van der Waals surface area contributed by atoms with Gasteiger partial charge in [0.15, 0.2) is 10.9 Å². The van der Waals surface area contributed by atoms with E-state index in [-0.39, 0.29) is 12.4 Å². The first-order valence-corrected chi connectivity index (χ1v) is 9.12. The van der Waals surface area contributed by atoms with Gasteiger partial charge in [-0.2, -0.15) is 0 Å². The summed E-state index contributed by atoms with van der Waals surface area (Å²) >= 11 is 1.49. The summed E-state index contributed by atoms with van der Waals surface area (Å²) in [5, 5.41) is 19.0. The fourth-order valence-corrected chi connectivity index (χ4v) is 3.18. The Kier molecular flexibility index (Phi) is 5.52. The van der Waals surface area contributed by atoms with Crippen LogP contribution in [-0.2, 0) is 0 Å². The van der Waals surface area contributed by atoms with Gasteiger partial charge in [0.25, 0.3) is 0 Å². The van der Waals surface area contributed by atoms with Gasteiger partial charge in [0.2, 0.25) is 0 Å². The van der Waals surface area contributed by atoms with Gasteiger partial charge in [-0.1, -0.05) is 18.7 Å². The van der Waals surface area contributed by atoms with Crippen molar-refractivity contribution in [3.8, 4) is 5.75 Å². The molecule has 0 amide bonds. The normalized spacial score (nSPS) is 15.2. The summed E-state index contributed by atoms with van der Waals surface area (Å²) in [7, 11) is 0. The van der Waals surface area contributed by atoms with Crippen molar-refractivity contribution in [1.29, 1.82) is 0 Å².